The molecule has 16 heavy (non-hydrogen) atoms. The Morgan fingerprint density at radius 2 is 1.50 bits per heavy atom. The van der Waals surface area contributed by atoms with E-state index in [4.69, 9.17) is 0 Å². The quantitative estimate of drug-likeness (QED) is 0.727. The lowest BCUT2D eigenvalue weighted by Crippen LogP contribution is -2.04. The van der Waals surface area contributed by atoms with Crippen LogP contribution in [0, 0.1) is 0 Å². The molecule has 0 aliphatic rings. The fourth-order valence-corrected chi connectivity index (χ4v) is 1.52. The lowest BCUT2D eigenvalue weighted by atomic mass is 9.99. The summed E-state index contributed by atoms with van der Waals surface area (Å²) >= 11 is 0. The van der Waals surface area contributed by atoms with Gasteiger partial charge in [-0.2, -0.15) is 0 Å². The zero-order valence-corrected chi connectivity index (χ0v) is 8.51. The molecular formula is C14H9O2. The molecule has 2 heteroatoms. The summed E-state index contributed by atoms with van der Waals surface area (Å²) in [6, 6.07) is 15.5. The topological polar surface area (TPSA) is 34.1 Å². The summed E-state index contributed by atoms with van der Waals surface area (Å²) < 4.78 is 0. The van der Waals surface area contributed by atoms with E-state index in [0.29, 0.717) is 16.7 Å². The number of hydrogen-bond acceptors (Lipinski definition) is 2. The van der Waals surface area contributed by atoms with Crippen molar-refractivity contribution in [3.8, 4) is 0 Å². The molecule has 0 saturated heterocycles. The fourth-order valence-electron chi connectivity index (χ4n) is 1.52. The van der Waals surface area contributed by atoms with E-state index in [9.17, 15) is 9.59 Å². The second kappa shape index (κ2) is 4.53. The zero-order valence-electron chi connectivity index (χ0n) is 8.51. The molecule has 0 aromatic heterocycles. The van der Waals surface area contributed by atoms with Crippen LogP contribution in [-0.4, -0.2) is 12.1 Å². The molecule has 0 aliphatic carbocycles. The van der Waals surface area contributed by atoms with Gasteiger partial charge in [-0.25, -0.2) is 0 Å². The summed E-state index contributed by atoms with van der Waals surface area (Å²) in [5, 5.41) is 0. The first kappa shape index (κ1) is 10.3. The lowest BCUT2D eigenvalue weighted by Gasteiger charge is -2.02. The van der Waals surface area contributed by atoms with Crippen LogP contribution in [0.3, 0.4) is 0 Å². The Morgan fingerprint density at radius 3 is 2.19 bits per heavy atom. The highest BCUT2D eigenvalue weighted by Gasteiger charge is 2.12. The Labute approximate surface area is 93.5 Å². The third kappa shape index (κ3) is 1.91. The van der Waals surface area contributed by atoms with Gasteiger partial charge in [-0.05, 0) is 0 Å². The molecule has 0 heterocycles. The van der Waals surface area contributed by atoms with Crippen molar-refractivity contribution in [2.45, 2.75) is 0 Å². The Hall–Kier alpha value is -2.22. The average molecular weight is 209 g/mol. The van der Waals surface area contributed by atoms with E-state index in [-0.39, 0.29) is 5.78 Å². The molecule has 2 aromatic rings. The van der Waals surface area contributed by atoms with Crippen molar-refractivity contribution >= 4 is 12.1 Å². The zero-order chi connectivity index (χ0) is 11.4. The summed E-state index contributed by atoms with van der Waals surface area (Å²) in [4.78, 5) is 22.7. The second-order valence-electron chi connectivity index (χ2n) is 3.34. The number of benzene rings is 2. The maximum absolute atomic E-state index is 12.0. The van der Waals surface area contributed by atoms with Crippen LogP contribution < -0.4 is 0 Å². The predicted molar refractivity (Wildman–Crippen MR) is 61.1 cm³/mol. The van der Waals surface area contributed by atoms with Crippen LogP contribution in [-0.2, 0) is 4.79 Å². The lowest BCUT2D eigenvalue weighted by molar-refractivity contribution is 0.103. The largest absolute Gasteiger partial charge is 0.289 e. The summed E-state index contributed by atoms with van der Waals surface area (Å²) in [5.74, 6) is -0.153. The van der Waals surface area contributed by atoms with Crippen LogP contribution in [0.2, 0.25) is 0 Å². The smallest absolute Gasteiger partial charge is 0.234 e. The SMILES string of the molecule is O=[C]c1ccccc1C(=O)c1ccccc1. The maximum Gasteiger partial charge on any atom is 0.234 e. The molecule has 0 aliphatic heterocycles. The number of hydrogen-bond donors (Lipinski definition) is 0. The number of rotatable bonds is 3. The Kier molecular flexibility index (Phi) is 2.92. The molecule has 2 nitrogen and oxygen atoms in total. The Balaban J connectivity index is 2.46. The molecule has 0 fully saturated rings. The van der Waals surface area contributed by atoms with Crippen molar-refractivity contribution in [2.75, 3.05) is 0 Å². The van der Waals surface area contributed by atoms with Crippen molar-refractivity contribution in [3.63, 3.8) is 0 Å². The highest BCUT2D eigenvalue weighted by atomic mass is 16.1. The van der Waals surface area contributed by atoms with Gasteiger partial charge >= 0.3 is 0 Å². The van der Waals surface area contributed by atoms with Crippen molar-refractivity contribution in [1.29, 1.82) is 0 Å². The normalized spacial score (nSPS) is 9.75. The Bertz CT molecular complexity index is 515. The summed E-state index contributed by atoms with van der Waals surface area (Å²) in [5.41, 5.74) is 1.27. The molecule has 2 rings (SSSR count). The van der Waals surface area contributed by atoms with E-state index < -0.39 is 0 Å². The van der Waals surface area contributed by atoms with Crippen molar-refractivity contribution in [2.24, 2.45) is 0 Å². The van der Waals surface area contributed by atoms with Gasteiger partial charge in [-0.3, -0.25) is 9.59 Å². The van der Waals surface area contributed by atoms with Crippen molar-refractivity contribution < 1.29 is 9.59 Å². The van der Waals surface area contributed by atoms with Gasteiger partial charge in [-0.1, -0.05) is 54.6 Å². The van der Waals surface area contributed by atoms with E-state index in [1.807, 2.05) is 6.07 Å². The third-order valence-corrected chi connectivity index (χ3v) is 2.32. The van der Waals surface area contributed by atoms with Crippen LogP contribution in [0.4, 0.5) is 0 Å². The summed E-state index contributed by atoms with van der Waals surface area (Å²) in [6.45, 7) is 0. The van der Waals surface area contributed by atoms with Gasteiger partial charge < -0.3 is 0 Å². The molecule has 0 unspecified atom stereocenters. The van der Waals surface area contributed by atoms with E-state index in [1.165, 1.54) is 0 Å². The minimum absolute atomic E-state index is 0.153. The van der Waals surface area contributed by atoms with Gasteiger partial charge in [0.1, 0.15) is 0 Å². The van der Waals surface area contributed by atoms with E-state index in [0.717, 1.165) is 0 Å². The molecule has 0 N–H and O–H groups in total. The number of carbonyl (C=O) groups is 1. The average Bonchev–Trinajstić information content (AvgIpc) is 2.39. The summed E-state index contributed by atoms with van der Waals surface area (Å²) in [7, 11) is 0. The first-order valence-corrected chi connectivity index (χ1v) is 4.90. The molecule has 2 aromatic carbocycles. The van der Waals surface area contributed by atoms with Gasteiger partial charge in [0, 0.05) is 16.7 Å². The molecule has 0 atom stereocenters. The maximum atomic E-state index is 12.0. The monoisotopic (exact) mass is 209 g/mol. The molecular weight excluding hydrogens is 200 g/mol. The van der Waals surface area contributed by atoms with Crippen LogP contribution in [0.25, 0.3) is 0 Å². The van der Waals surface area contributed by atoms with Crippen LogP contribution >= 0.6 is 0 Å². The van der Waals surface area contributed by atoms with Crippen molar-refractivity contribution in [1.82, 2.24) is 0 Å². The van der Waals surface area contributed by atoms with E-state index >= 15 is 0 Å². The fraction of sp³-hybridized carbons (Fsp3) is 0. The first-order chi connectivity index (χ1) is 7.83. The number of ketones is 1. The molecule has 0 saturated carbocycles. The number of carbonyl (C=O) groups excluding carboxylic acids is 2. The predicted octanol–water partition coefficient (Wildman–Crippen LogP) is 2.38. The molecule has 77 valence electrons. The van der Waals surface area contributed by atoms with E-state index in [1.54, 1.807) is 54.8 Å². The van der Waals surface area contributed by atoms with Crippen LogP contribution in [0.5, 0.6) is 0 Å². The minimum Gasteiger partial charge on any atom is -0.289 e. The van der Waals surface area contributed by atoms with Crippen LogP contribution in [0.15, 0.2) is 54.6 Å². The first-order valence-electron chi connectivity index (χ1n) is 4.90. The Morgan fingerprint density at radius 1 is 0.875 bits per heavy atom. The van der Waals surface area contributed by atoms with Crippen molar-refractivity contribution in [3.05, 3.63) is 71.3 Å². The summed E-state index contributed by atoms with van der Waals surface area (Å²) in [6.07, 6.45) is 1.78. The molecule has 1 radical (unpaired) electrons. The second-order valence-corrected chi connectivity index (χ2v) is 3.34. The van der Waals surface area contributed by atoms with Gasteiger partial charge in [0.05, 0.1) is 0 Å². The molecule has 0 bridgehead atoms. The standard InChI is InChI=1S/C14H9O2/c15-10-12-8-4-5-9-13(12)14(16)11-6-2-1-3-7-11/h1-9H. The van der Waals surface area contributed by atoms with E-state index in [2.05, 4.69) is 0 Å². The third-order valence-electron chi connectivity index (χ3n) is 2.32. The van der Waals surface area contributed by atoms with Gasteiger partial charge in [0.25, 0.3) is 0 Å². The minimum atomic E-state index is -0.153. The van der Waals surface area contributed by atoms with Gasteiger partial charge in [0.15, 0.2) is 5.78 Å². The highest BCUT2D eigenvalue weighted by Crippen LogP contribution is 2.12. The van der Waals surface area contributed by atoms with Gasteiger partial charge in [0.2, 0.25) is 6.29 Å². The van der Waals surface area contributed by atoms with Crippen LogP contribution in [0.1, 0.15) is 21.5 Å². The molecule has 0 amide bonds. The molecule has 0 spiro atoms. The highest BCUT2D eigenvalue weighted by molar-refractivity contribution is 6.12. The van der Waals surface area contributed by atoms with Gasteiger partial charge in [-0.15, -0.1) is 0 Å².